The lowest BCUT2D eigenvalue weighted by atomic mass is 10.1. The molecule has 1 aromatic carbocycles. The number of carbonyl (C=O) groups is 1. The summed E-state index contributed by atoms with van der Waals surface area (Å²) in [6.07, 6.45) is 0. The fourth-order valence-corrected chi connectivity index (χ4v) is 1.96. The zero-order valence-electron chi connectivity index (χ0n) is 10.3. The summed E-state index contributed by atoms with van der Waals surface area (Å²) in [6, 6.07) is 4.32. The molecule has 0 fully saturated rings. The molecule has 9 heteroatoms. The van der Waals surface area contributed by atoms with Crippen LogP contribution in [0.15, 0.2) is 18.2 Å². The average molecular weight is 297 g/mol. The SMILES string of the molecule is Cc1c(C(=O)O)nnn1Cc1c(Cl)cccc1[N+](=O)[O-]. The van der Waals surface area contributed by atoms with Gasteiger partial charge in [-0.15, -0.1) is 5.10 Å². The highest BCUT2D eigenvalue weighted by atomic mass is 35.5. The van der Waals surface area contributed by atoms with E-state index in [9.17, 15) is 14.9 Å². The van der Waals surface area contributed by atoms with E-state index in [0.29, 0.717) is 5.69 Å². The maximum absolute atomic E-state index is 11.0. The second kappa shape index (κ2) is 5.25. The van der Waals surface area contributed by atoms with Crippen molar-refractivity contribution in [1.29, 1.82) is 0 Å². The average Bonchev–Trinajstić information content (AvgIpc) is 2.73. The minimum atomic E-state index is -1.21. The molecule has 0 bridgehead atoms. The Morgan fingerprint density at radius 3 is 2.80 bits per heavy atom. The van der Waals surface area contributed by atoms with Crippen LogP contribution in [-0.4, -0.2) is 31.0 Å². The molecule has 104 valence electrons. The molecule has 0 saturated carbocycles. The topological polar surface area (TPSA) is 111 Å². The summed E-state index contributed by atoms with van der Waals surface area (Å²) in [4.78, 5) is 21.3. The van der Waals surface area contributed by atoms with E-state index >= 15 is 0 Å². The second-order valence-corrected chi connectivity index (χ2v) is 4.39. The highest BCUT2D eigenvalue weighted by Crippen LogP contribution is 2.27. The number of halogens is 1. The van der Waals surface area contributed by atoms with E-state index in [4.69, 9.17) is 16.7 Å². The van der Waals surface area contributed by atoms with Crippen molar-refractivity contribution in [3.05, 3.63) is 50.3 Å². The van der Waals surface area contributed by atoms with Gasteiger partial charge in [0, 0.05) is 6.07 Å². The van der Waals surface area contributed by atoms with Gasteiger partial charge in [0.15, 0.2) is 5.69 Å². The molecule has 0 radical (unpaired) electrons. The Balaban J connectivity index is 2.45. The van der Waals surface area contributed by atoms with Gasteiger partial charge < -0.3 is 5.11 Å². The summed E-state index contributed by atoms with van der Waals surface area (Å²) in [7, 11) is 0. The monoisotopic (exact) mass is 296 g/mol. The first-order valence-corrected chi connectivity index (χ1v) is 5.84. The number of hydrogen-bond acceptors (Lipinski definition) is 5. The molecule has 2 aromatic rings. The zero-order valence-corrected chi connectivity index (χ0v) is 11.0. The first kappa shape index (κ1) is 13.9. The van der Waals surface area contributed by atoms with Crippen LogP contribution in [-0.2, 0) is 6.54 Å². The number of aromatic carboxylic acids is 1. The fourth-order valence-electron chi connectivity index (χ4n) is 1.73. The van der Waals surface area contributed by atoms with Gasteiger partial charge in [0.2, 0.25) is 0 Å². The van der Waals surface area contributed by atoms with Gasteiger partial charge in [-0.05, 0) is 13.0 Å². The standard InChI is InChI=1S/C11H9ClN4O4/c1-6-10(11(17)18)13-14-15(6)5-7-8(12)3-2-4-9(7)16(19)20/h2-4H,5H2,1H3,(H,17,18). The molecule has 1 heterocycles. The molecular weight excluding hydrogens is 288 g/mol. The lowest BCUT2D eigenvalue weighted by Crippen LogP contribution is -2.08. The molecule has 0 aliphatic heterocycles. The van der Waals surface area contributed by atoms with E-state index in [-0.39, 0.29) is 28.5 Å². The smallest absolute Gasteiger partial charge is 0.358 e. The fraction of sp³-hybridized carbons (Fsp3) is 0.182. The Labute approximate surface area is 117 Å². The van der Waals surface area contributed by atoms with Crippen LogP contribution in [0.3, 0.4) is 0 Å². The van der Waals surface area contributed by atoms with Gasteiger partial charge in [-0.2, -0.15) is 0 Å². The minimum absolute atomic E-state index is 0.0257. The molecule has 0 aliphatic carbocycles. The Hall–Kier alpha value is -2.48. The molecule has 0 atom stereocenters. The third-order valence-electron chi connectivity index (χ3n) is 2.78. The van der Waals surface area contributed by atoms with Crippen molar-refractivity contribution in [2.45, 2.75) is 13.5 Å². The van der Waals surface area contributed by atoms with Gasteiger partial charge in [-0.3, -0.25) is 10.1 Å². The zero-order chi connectivity index (χ0) is 14.9. The lowest BCUT2D eigenvalue weighted by molar-refractivity contribution is -0.385. The van der Waals surface area contributed by atoms with E-state index in [0.717, 1.165) is 0 Å². The largest absolute Gasteiger partial charge is 0.476 e. The highest BCUT2D eigenvalue weighted by Gasteiger charge is 2.20. The molecule has 1 aromatic heterocycles. The number of nitro groups is 1. The van der Waals surface area contributed by atoms with Crippen molar-refractivity contribution in [3.63, 3.8) is 0 Å². The number of rotatable bonds is 4. The number of carboxylic acids is 1. The first-order valence-electron chi connectivity index (χ1n) is 5.47. The maximum Gasteiger partial charge on any atom is 0.358 e. The predicted molar refractivity (Wildman–Crippen MR) is 68.9 cm³/mol. The van der Waals surface area contributed by atoms with E-state index in [1.165, 1.54) is 29.8 Å². The van der Waals surface area contributed by atoms with Crippen LogP contribution >= 0.6 is 11.6 Å². The molecule has 0 saturated heterocycles. The van der Waals surface area contributed by atoms with Crippen molar-refractivity contribution in [2.24, 2.45) is 0 Å². The molecule has 0 spiro atoms. The van der Waals surface area contributed by atoms with Crippen molar-refractivity contribution < 1.29 is 14.8 Å². The van der Waals surface area contributed by atoms with Crippen LogP contribution in [0.5, 0.6) is 0 Å². The summed E-state index contributed by atoms with van der Waals surface area (Å²) in [6.45, 7) is 1.49. The molecule has 1 N–H and O–H groups in total. The third kappa shape index (κ3) is 2.45. The number of benzene rings is 1. The number of aromatic nitrogens is 3. The summed E-state index contributed by atoms with van der Waals surface area (Å²) in [5.41, 5.74) is 0.208. The summed E-state index contributed by atoms with van der Waals surface area (Å²) in [5, 5.41) is 27.3. The number of nitro benzene ring substituents is 1. The Bertz CT molecular complexity index is 698. The van der Waals surface area contributed by atoms with E-state index < -0.39 is 10.9 Å². The van der Waals surface area contributed by atoms with Crippen LogP contribution in [0.25, 0.3) is 0 Å². The van der Waals surface area contributed by atoms with Crippen LogP contribution < -0.4 is 0 Å². The normalized spacial score (nSPS) is 10.5. The van der Waals surface area contributed by atoms with E-state index in [1.807, 2.05) is 0 Å². The van der Waals surface area contributed by atoms with Crippen molar-refractivity contribution in [2.75, 3.05) is 0 Å². The molecule has 20 heavy (non-hydrogen) atoms. The summed E-state index contributed by atoms with van der Waals surface area (Å²) >= 11 is 5.96. The quantitative estimate of drug-likeness (QED) is 0.681. The summed E-state index contributed by atoms with van der Waals surface area (Å²) < 4.78 is 1.26. The molecule has 0 aliphatic rings. The molecule has 8 nitrogen and oxygen atoms in total. The molecule has 0 amide bonds. The van der Waals surface area contributed by atoms with Crippen LogP contribution in [0.4, 0.5) is 5.69 Å². The minimum Gasteiger partial charge on any atom is -0.476 e. The van der Waals surface area contributed by atoms with Gasteiger partial charge in [0.25, 0.3) is 5.69 Å². The Morgan fingerprint density at radius 1 is 1.55 bits per heavy atom. The van der Waals surface area contributed by atoms with Crippen molar-refractivity contribution in [3.8, 4) is 0 Å². The van der Waals surface area contributed by atoms with Gasteiger partial charge in [0.05, 0.1) is 27.7 Å². The number of hydrogen-bond donors (Lipinski definition) is 1. The Morgan fingerprint density at radius 2 is 2.25 bits per heavy atom. The van der Waals surface area contributed by atoms with Gasteiger partial charge in [-0.25, -0.2) is 9.48 Å². The van der Waals surface area contributed by atoms with Crippen molar-refractivity contribution >= 4 is 23.3 Å². The van der Waals surface area contributed by atoms with E-state index in [1.54, 1.807) is 0 Å². The van der Waals surface area contributed by atoms with E-state index in [2.05, 4.69) is 10.3 Å². The van der Waals surface area contributed by atoms with Crippen LogP contribution in [0.2, 0.25) is 5.02 Å². The molecule has 0 unspecified atom stereocenters. The second-order valence-electron chi connectivity index (χ2n) is 3.98. The van der Waals surface area contributed by atoms with Gasteiger partial charge in [0.1, 0.15) is 0 Å². The first-order chi connectivity index (χ1) is 9.41. The lowest BCUT2D eigenvalue weighted by Gasteiger charge is -2.06. The predicted octanol–water partition coefficient (Wildman–Crippen LogP) is 1.89. The third-order valence-corrected chi connectivity index (χ3v) is 3.14. The van der Waals surface area contributed by atoms with Crippen molar-refractivity contribution in [1.82, 2.24) is 15.0 Å². The van der Waals surface area contributed by atoms with Gasteiger partial charge >= 0.3 is 5.97 Å². The number of carboxylic acid groups (broad SMARTS) is 1. The van der Waals surface area contributed by atoms with Crippen LogP contribution in [0.1, 0.15) is 21.7 Å². The summed E-state index contributed by atoms with van der Waals surface area (Å²) in [5.74, 6) is -1.21. The van der Waals surface area contributed by atoms with Crippen LogP contribution in [0, 0.1) is 17.0 Å². The maximum atomic E-state index is 11.0. The Kier molecular flexibility index (Phi) is 3.66. The number of nitrogens with zero attached hydrogens (tertiary/aromatic N) is 4. The highest BCUT2D eigenvalue weighted by molar-refractivity contribution is 6.31. The molecule has 2 rings (SSSR count). The van der Waals surface area contributed by atoms with Gasteiger partial charge in [-0.1, -0.05) is 22.9 Å². The molecular formula is C11H9ClN4O4.